The Morgan fingerprint density at radius 3 is 2.63 bits per heavy atom. The van der Waals surface area contributed by atoms with Crippen molar-refractivity contribution in [1.29, 1.82) is 0 Å². The fraction of sp³-hybridized carbons (Fsp3) is 0.950. The monoisotopic (exact) mass is 492 g/mol. The number of guanidine groups is 1. The van der Waals surface area contributed by atoms with Crippen molar-refractivity contribution in [1.82, 2.24) is 15.1 Å². The molecule has 0 aromatic heterocycles. The maximum Gasteiger partial charge on any atom is 0.193 e. The molecule has 6 nitrogen and oxygen atoms in total. The van der Waals surface area contributed by atoms with Crippen molar-refractivity contribution in [2.45, 2.75) is 63.6 Å². The molecule has 0 bridgehead atoms. The van der Waals surface area contributed by atoms with Crippen LogP contribution in [0.2, 0.25) is 0 Å². The molecule has 3 unspecified atom stereocenters. The van der Waals surface area contributed by atoms with Gasteiger partial charge in [0, 0.05) is 57.3 Å². The number of nitrogens with one attached hydrogen (secondary N) is 1. The van der Waals surface area contributed by atoms with Gasteiger partial charge in [-0.1, -0.05) is 12.8 Å². The number of hydrogen-bond acceptors (Lipinski definition) is 4. The fourth-order valence-electron chi connectivity index (χ4n) is 5.72. The molecule has 4 fully saturated rings. The van der Waals surface area contributed by atoms with Crippen LogP contribution in [0.25, 0.3) is 0 Å². The van der Waals surface area contributed by atoms with E-state index in [2.05, 4.69) is 27.0 Å². The Kier molecular flexibility index (Phi) is 7.66. The molecule has 27 heavy (non-hydrogen) atoms. The Morgan fingerprint density at radius 1 is 1.22 bits per heavy atom. The number of halogens is 1. The number of aliphatic imine (C=N–C) groups is 1. The van der Waals surface area contributed by atoms with Crippen LogP contribution in [0.15, 0.2) is 4.99 Å². The van der Waals surface area contributed by atoms with Crippen molar-refractivity contribution in [2.75, 3.05) is 53.0 Å². The third kappa shape index (κ3) is 4.26. The maximum atomic E-state index is 6.07. The molecule has 2 heterocycles. The van der Waals surface area contributed by atoms with Gasteiger partial charge in [-0.2, -0.15) is 0 Å². The molecule has 1 spiro atoms. The standard InChI is InChI=1S/C20H36N4O2.HI/c1-3-26-18-14-17(20(18)7-4-5-8-20)22-19(21-2)24-9-6-16(15-24)23-10-12-25-13-11-23;/h16-18H,3-15H2,1-2H3,(H,21,22);1H. The summed E-state index contributed by atoms with van der Waals surface area (Å²) < 4.78 is 11.6. The van der Waals surface area contributed by atoms with Crippen molar-refractivity contribution in [2.24, 2.45) is 10.4 Å². The molecule has 2 aliphatic carbocycles. The summed E-state index contributed by atoms with van der Waals surface area (Å²) in [5.41, 5.74) is 0.356. The van der Waals surface area contributed by atoms with Crippen LogP contribution >= 0.6 is 24.0 Å². The quantitative estimate of drug-likeness (QED) is 0.371. The minimum Gasteiger partial charge on any atom is -0.379 e. The lowest BCUT2D eigenvalue weighted by atomic mass is 9.60. The number of likely N-dealkylation sites (tertiary alicyclic amines) is 1. The predicted molar refractivity (Wildman–Crippen MR) is 119 cm³/mol. The van der Waals surface area contributed by atoms with Crippen LogP contribution in [0.4, 0.5) is 0 Å². The summed E-state index contributed by atoms with van der Waals surface area (Å²) in [6.07, 6.45) is 8.13. The van der Waals surface area contributed by atoms with E-state index in [4.69, 9.17) is 9.47 Å². The van der Waals surface area contributed by atoms with E-state index < -0.39 is 0 Å². The van der Waals surface area contributed by atoms with Crippen LogP contribution in [0, 0.1) is 5.41 Å². The zero-order valence-electron chi connectivity index (χ0n) is 17.0. The first kappa shape index (κ1) is 21.6. The topological polar surface area (TPSA) is 49.3 Å². The largest absolute Gasteiger partial charge is 0.379 e. The maximum absolute atomic E-state index is 6.07. The molecule has 4 rings (SSSR count). The Labute approximate surface area is 181 Å². The van der Waals surface area contributed by atoms with Crippen LogP contribution in [-0.2, 0) is 9.47 Å². The van der Waals surface area contributed by atoms with E-state index in [-0.39, 0.29) is 24.0 Å². The van der Waals surface area contributed by atoms with Gasteiger partial charge in [-0.15, -0.1) is 24.0 Å². The summed E-state index contributed by atoms with van der Waals surface area (Å²) in [6.45, 7) is 9.07. The van der Waals surface area contributed by atoms with E-state index in [0.29, 0.717) is 23.6 Å². The summed E-state index contributed by atoms with van der Waals surface area (Å²) >= 11 is 0. The molecule has 0 aromatic carbocycles. The van der Waals surface area contributed by atoms with Gasteiger partial charge in [0.05, 0.1) is 19.3 Å². The molecule has 2 saturated heterocycles. The Bertz CT molecular complexity index is 506. The van der Waals surface area contributed by atoms with Crippen LogP contribution in [0.3, 0.4) is 0 Å². The van der Waals surface area contributed by atoms with E-state index in [9.17, 15) is 0 Å². The smallest absolute Gasteiger partial charge is 0.193 e. The van der Waals surface area contributed by atoms with Crippen LogP contribution < -0.4 is 5.32 Å². The first-order chi connectivity index (χ1) is 12.8. The van der Waals surface area contributed by atoms with Gasteiger partial charge >= 0.3 is 0 Å². The van der Waals surface area contributed by atoms with Gasteiger partial charge in [-0.05, 0) is 32.6 Å². The lowest BCUT2D eigenvalue weighted by Crippen LogP contribution is -2.65. The van der Waals surface area contributed by atoms with E-state index in [1.165, 1.54) is 32.1 Å². The highest BCUT2D eigenvalue weighted by molar-refractivity contribution is 14.0. The lowest BCUT2D eigenvalue weighted by molar-refractivity contribution is -0.126. The number of rotatable bonds is 4. The number of ether oxygens (including phenoxy) is 2. The third-order valence-electron chi connectivity index (χ3n) is 7.23. The van der Waals surface area contributed by atoms with Gasteiger partial charge in [0.15, 0.2) is 5.96 Å². The molecule has 2 aliphatic heterocycles. The van der Waals surface area contributed by atoms with Gasteiger partial charge < -0.3 is 19.7 Å². The Balaban J connectivity index is 0.00000210. The zero-order chi connectivity index (χ0) is 18.0. The van der Waals surface area contributed by atoms with E-state index in [0.717, 1.165) is 58.4 Å². The summed E-state index contributed by atoms with van der Waals surface area (Å²) in [7, 11) is 1.93. The van der Waals surface area contributed by atoms with E-state index in [1.807, 2.05) is 7.05 Å². The summed E-state index contributed by atoms with van der Waals surface area (Å²) in [6, 6.07) is 1.18. The zero-order valence-corrected chi connectivity index (χ0v) is 19.3. The molecule has 3 atom stereocenters. The van der Waals surface area contributed by atoms with Gasteiger partial charge in [-0.3, -0.25) is 9.89 Å². The van der Waals surface area contributed by atoms with Crippen molar-refractivity contribution < 1.29 is 9.47 Å². The molecular weight excluding hydrogens is 455 g/mol. The second-order valence-electron chi connectivity index (χ2n) is 8.40. The highest BCUT2D eigenvalue weighted by Crippen LogP contribution is 2.54. The second kappa shape index (κ2) is 9.59. The molecule has 0 radical (unpaired) electrons. The molecule has 2 saturated carbocycles. The summed E-state index contributed by atoms with van der Waals surface area (Å²) in [5.74, 6) is 1.10. The number of morpholine rings is 1. The Hall–Kier alpha value is -0.120. The van der Waals surface area contributed by atoms with E-state index >= 15 is 0 Å². The van der Waals surface area contributed by atoms with Crippen molar-refractivity contribution in [3.8, 4) is 0 Å². The van der Waals surface area contributed by atoms with E-state index in [1.54, 1.807) is 0 Å². The normalized spacial score (nSPS) is 33.8. The molecule has 0 aromatic rings. The lowest BCUT2D eigenvalue weighted by Gasteiger charge is -2.54. The van der Waals surface area contributed by atoms with Gasteiger partial charge in [0.1, 0.15) is 0 Å². The van der Waals surface area contributed by atoms with Crippen molar-refractivity contribution in [3.05, 3.63) is 0 Å². The van der Waals surface area contributed by atoms with Crippen molar-refractivity contribution >= 4 is 29.9 Å². The second-order valence-corrected chi connectivity index (χ2v) is 8.40. The number of nitrogens with zero attached hydrogens (tertiary/aromatic N) is 3. The minimum absolute atomic E-state index is 0. The molecular formula is C20H37IN4O2. The fourth-order valence-corrected chi connectivity index (χ4v) is 5.72. The average molecular weight is 492 g/mol. The highest BCUT2D eigenvalue weighted by atomic mass is 127. The first-order valence-electron chi connectivity index (χ1n) is 10.7. The van der Waals surface area contributed by atoms with Crippen molar-refractivity contribution in [3.63, 3.8) is 0 Å². The van der Waals surface area contributed by atoms with Crippen LogP contribution in [0.1, 0.15) is 45.4 Å². The number of hydrogen-bond donors (Lipinski definition) is 1. The molecule has 0 amide bonds. The van der Waals surface area contributed by atoms with Gasteiger partial charge in [0.25, 0.3) is 0 Å². The van der Waals surface area contributed by atoms with Crippen LogP contribution in [-0.4, -0.2) is 87.0 Å². The molecule has 7 heteroatoms. The van der Waals surface area contributed by atoms with Crippen LogP contribution in [0.5, 0.6) is 0 Å². The Morgan fingerprint density at radius 2 is 1.96 bits per heavy atom. The van der Waals surface area contributed by atoms with Gasteiger partial charge in [-0.25, -0.2) is 0 Å². The third-order valence-corrected chi connectivity index (χ3v) is 7.23. The summed E-state index contributed by atoms with van der Waals surface area (Å²) in [4.78, 5) is 9.71. The highest BCUT2D eigenvalue weighted by Gasteiger charge is 2.57. The minimum atomic E-state index is 0. The predicted octanol–water partition coefficient (Wildman–Crippen LogP) is 2.32. The molecule has 156 valence electrons. The summed E-state index contributed by atoms with van der Waals surface area (Å²) in [5, 5.41) is 3.84. The molecule has 1 N–H and O–H groups in total. The first-order valence-corrected chi connectivity index (χ1v) is 10.7. The SMILES string of the molecule is CCOC1CC(NC(=NC)N2CCC(N3CCOCC3)C2)C12CCCC2.I. The van der Waals surface area contributed by atoms with Gasteiger partial charge in [0.2, 0.25) is 0 Å². The average Bonchev–Trinajstić information content (AvgIpc) is 3.36. The molecule has 4 aliphatic rings.